The third-order valence-electron chi connectivity index (χ3n) is 10.3. The number of aliphatic hydroxyl groups is 3. The molecule has 0 spiro atoms. The van der Waals surface area contributed by atoms with E-state index < -0.39 is 18.2 Å². The molecule has 0 rings (SSSR count). The van der Waals surface area contributed by atoms with Crippen molar-refractivity contribution in [2.45, 2.75) is 244 Å². The molecule has 310 valence electrons. The average Bonchev–Trinajstić information content (AvgIpc) is 3.15. The van der Waals surface area contributed by atoms with E-state index in [0.29, 0.717) is 6.42 Å². The molecule has 0 aromatic heterocycles. The number of hydrogen-bond acceptors (Lipinski definition) is 4. The van der Waals surface area contributed by atoms with Crippen LogP contribution in [0.4, 0.5) is 0 Å². The van der Waals surface area contributed by atoms with Crippen molar-refractivity contribution in [3.63, 3.8) is 0 Å². The zero-order valence-electron chi connectivity index (χ0n) is 35.1. The maximum Gasteiger partial charge on any atom is 0.222 e. The number of rotatable bonds is 41. The van der Waals surface area contributed by atoms with Crippen molar-refractivity contribution >= 4 is 5.91 Å². The number of unbranched alkanes of at least 4 members (excludes halogenated alkanes) is 26. The SMILES string of the molecule is CCCCCCCCCC/C=C\CCCCCCCC(O)CC(=O)NC(CO)C(O)/C=C/CC/C=C/CC/C=C/CCCCCCCCCCCCC. The third kappa shape index (κ3) is 39.8. The maximum atomic E-state index is 12.4. The van der Waals surface area contributed by atoms with Crippen LogP contribution in [0.15, 0.2) is 48.6 Å². The molecule has 3 unspecified atom stereocenters. The van der Waals surface area contributed by atoms with E-state index in [4.69, 9.17) is 0 Å². The standard InChI is InChI=1S/C48H89NO4/c1-3-5-7-9-11-13-15-17-19-21-22-23-24-26-28-30-32-34-36-38-40-42-47(52)46(44-50)49-48(53)43-45(51)41-39-37-35-33-31-29-27-25-20-18-16-14-12-10-8-6-4-2/h24-27,32,34,40,42,45-47,50-52H,3-23,28-31,33,35-39,41,43-44H2,1-2H3,(H,49,53)/b26-24+,27-25-,34-32+,42-40+. The Labute approximate surface area is 329 Å². The van der Waals surface area contributed by atoms with Crippen LogP contribution < -0.4 is 5.32 Å². The van der Waals surface area contributed by atoms with Gasteiger partial charge in [0, 0.05) is 0 Å². The van der Waals surface area contributed by atoms with E-state index >= 15 is 0 Å². The lowest BCUT2D eigenvalue weighted by Crippen LogP contribution is -2.45. The summed E-state index contributed by atoms with van der Waals surface area (Å²) in [6.07, 6.45) is 55.4. The molecule has 0 bridgehead atoms. The molecule has 0 saturated carbocycles. The summed E-state index contributed by atoms with van der Waals surface area (Å²) in [6, 6.07) is -0.771. The van der Waals surface area contributed by atoms with Gasteiger partial charge in [-0.1, -0.05) is 197 Å². The number of nitrogens with one attached hydrogen (secondary N) is 1. The third-order valence-corrected chi connectivity index (χ3v) is 10.3. The van der Waals surface area contributed by atoms with Crippen LogP contribution in [0.1, 0.15) is 226 Å². The number of allylic oxidation sites excluding steroid dienone is 7. The fourth-order valence-electron chi connectivity index (χ4n) is 6.78. The largest absolute Gasteiger partial charge is 0.394 e. The molecule has 0 aromatic carbocycles. The molecule has 5 nitrogen and oxygen atoms in total. The topological polar surface area (TPSA) is 89.8 Å². The maximum absolute atomic E-state index is 12.4. The van der Waals surface area contributed by atoms with Gasteiger partial charge in [-0.15, -0.1) is 0 Å². The molecule has 0 aromatic rings. The van der Waals surface area contributed by atoms with Crippen molar-refractivity contribution < 1.29 is 20.1 Å². The molecule has 0 saturated heterocycles. The van der Waals surface area contributed by atoms with Gasteiger partial charge in [0.1, 0.15) is 0 Å². The van der Waals surface area contributed by atoms with Crippen LogP contribution in [0.25, 0.3) is 0 Å². The van der Waals surface area contributed by atoms with Crippen molar-refractivity contribution in [2.24, 2.45) is 0 Å². The minimum absolute atomic E-state index is 0.00404. The summed E-state index contributed by atoms with van der Waals surface area (Å²) >= 11 is 0. The van der Waals surface area contributed by atoms with Crippen LogP contribution in [0.5, 0.6) is 0 Å². The van der Waals surface area contributed by atoms with Gasteiger partial charge in [0.05, 0.1) is 31.3 Å². The van der Waals surface area contributed by atoms with E-state index in [1.54, 1.807) is 6.08 Å². The first-order valence-corrected chi connectivity index (χ1v) is 22.9. The molecule has 3 atom stereocenters. The molecule has 0 aliphatic carbocycles. The molecular weight excluding hydrogens is 655 g/mol. The summed E-state index contributed by atoms with van der Waals surface area (Å²) in [7, 11) is 0. The Morgan fingerprint density at radius 2 is 0.811 bits per heavy atom. The number of carbonyl (C=O) groups excluding carboxylic acids is 1. The lowest BCUT2D eigenvalue weighted by Gasteiger charge is -2.20. The highest BCUT2D eigenvalue weighted by atomic mass is 16.3. The molecule has 0 fully saturated rings. The van der Waals surface area contributed by atoms with Gasteiger partial charge in [-0.2, -0.15) is 0 Å². The zero-order chi connectivity index (χ0) is 38.7. The van der Waals surface area contributed by atoms with Gasteiger partial charge in [-0.05, 0) is 70.6 Å². The Morgan fingerprint density at radius 3 is 1.21 bits per heavy atom. The van der Waals surface area contributed by atoms with Gasteiger partial charge in [0.2, 0.25) is 5.91 Å². The number of amides is 1. The van der Waals surface area contributed by atoms with Crippen LogP contribution in [0.3, 0.4) is 0 Å². The van der Waals surface area contributed by atoms with Gasteiger partial charge >= 0.3 is 0 Å². The minimum Gasteiger partial charge on any atom is -0.394 e. The Bertz CT molecular complexity index is 866. The number of carbonyl (C=O) groups is 1. The van der Waals surface area contributed by atoms with Crippen molar-refractivity contribution in [3.8, 4) is 0 Å². The summed E-state index contributed by atoms with van der Waals surface area (Å²) in [6.45, 7) is 4.20. The summed E-state index contributed by atoms with van der Waals surface area (Å²) in [5.41, 5.74) is 0. The first-order chi connectivity index (χ1) is 26.0. The normalized spacial score (nSPS) is 14.0. The predicted octanol–water partition coefficient (Wildman–Crippen LogP) is 13.3. The second-order valence-electron chi connectivity index (χ2n) is 15.6. The second kappa shape index (κ2) is 43.0. The summed E-state index contributed by atoms with van der Waals surface area (Å²) < 4.78 is 0. The summed E-state index contributed by atoms with van der Waals surface area (Å²) in [5.74, 6) is -0.335. The van der Waals surface area contributed by atoms with Gasteiger partial charge in [0.25, 0.3) is 0 Å². The highest BCUT2D eigenvalue weighted by Gasteiger charge is 2.20. The minimum atomic E-state index is -0.963. The highest BCUT2D eigenvalue weighted by molar-refractivity contribution is 5.76. The van der Waals surface area contributed by atoms with Gasteiger partial charge < -0.3 is 20.6 Å². The fourth-order valence-corrected chi connectivity index (χ4v) is 6.78. The first-order valence-electron chi connectivity index (χ1n) is 22.9. The van der Waals surface area contributed by atoms with Crippen LogP contribution in [-0.4, -0.2) is 46.1 Å². The lowest BCUT2D eigenvalue weighted by atomic mass is 10.0. The Hall–Kier alpha value is -1.69. The molecule has 5 heteroatoms. The van der Waals surface area contributed by atoms with Gasteiger partial charge in [-0.3, -0.25) is 4.79 Å². The van der Waals surface area contributed by atoms with Crippen LogP contribution >= 0.6 is 0 Å². The van der Waals surface area contributed by atoms with Crippen molar-refractivity contribution in [1.82, 2.24) is 5.32 Å². The molecule has 4 N–H and O–H groups in total. The first kappa shape index (κ1) is 51.3. The molecule has 53 heavy (non-hydrogen) atoms. The summed E-state index contributed by atoms with van der Waals surface area (Å²) in [4.78, 5) is 12.4. The molecule has 0 radical (unpaired) electrons. The van der Waals surface area contributed by atoms with E-state index in [1.165, 1.54) is 148 Å². The Kier molecular flexibility index (Phi) is 41.7. The van der Waals surface area contributed by atoms with Crippen molar-refractivity contribution in [1.29, 1.82) is 0 Å². The van der Waals surface area contributed by atoms with Crippen LogP contribution in [-0.2, 0) is 4.79 Å². The van der Waals surface area contributed by atoms with Gasteiger partial charge in [0.15, 0.2) is 0 Å². The average molecular weight is 744 g/mol. The van der Waals surface area contributed by atoms with Crippen molar-refractivity contribution in [3.05, 3.63) is 48.6 Å². The van der Waals surface area contributed by atoms with E-state index in [1.807, 2.05) is 6.08 Å². The highest BCUT2D eigenvalue weighted by Crippen LogP contribution is 2.14. The predicted molar refractivity (Wildman–Crippen MR) is 231 cm³/mol. The number of hydrogen-bond donors (Lipinski definition) is 4. The van der Waals surface area contributed by atoms with E-state index in [-0.39, 0.29) is 18.9 Å². The van der Waals surface area contributed by atoms with Crippen molar-refractivity contribution in [2.75, 3.05) is 6.61 Å². The molecule has 0 aliphatic heterocycles. The van der Waals surface area contributed by atoms with Crippen LogP contribution in [0.2, 0.25) is 0 Å². The smallest absolute Gasteiger partial charge is 0.222 e. The zero-order valence-corrected chi connectivity index (χ0v) is 35.1. The fraction of sp³-hybridized carbons (Fsp3) is 0.812. The Balaban J connectivity index is 3.75. The van der Waals surface area contributed by atoms with E-state index in [2.05, 4.69) is 55.6 Å². The molecule has 0 aliphatic rings. The van der Waals surface area contributed by atoms with E-state index in [9.17, 15) is 20.1 Å². The lowest BCUT2D eigenvalue weighted by molar-refractivity contribution is -0.124. The number of aliphatic hydroxyl groups excluding tert-OH is 3. The monoisotopic (exact) mass is 744 g/mol. The quantitative estimate of drug-likeness (QED) is 0.0371. The molecular formula is C48H89NO4. The van der Waals surface area contributed by atoms with E-state index in [0.717, 1.165) is 51.4 Å². The van der Waals surface area contributed by atoms with Gasteiger partial charge in [-0.25, -0.2) is 0 Å². The second-order valence-corrected chi connectivity index (χ2v) is 15.6. The molecule has 1 amide bonds. The summed E-state index contributed by atoms with van der Waals surface area (Å²) in [5, 5.41) is 33.2. The Morgan fingerprint density at radius 1 is 0.472 bits per heavy atom. The van der Waals surface area contributed by atoms with Crippen LogP contribution in [0, 0.1) is 0 Å². The molecule has 0 heterocycles.